The van der Waals surface area contributed by atoms with E-state index in [0.717, 1.165) is 12.1 Å². The summed E-state index contributed by atoms with van der Waals surface area (Å²) in [6, 6.07) is 1.44. The van der Waals surface area contributed by atoms with Crippen LogP contribution < -0.4 is 5.73 Å². The van der Waals surface area contributed by atoms with Crippen LogP contribution >= 0.6 is 0 Å². The fraction of sp³-hybridized carbons (Fsp3) is 0.200. The number of halogens is 4. The van der Waals surface area contributed by atoms with Gasteiger partial charge in [-0.05, 0) is 12.1 Å². The Kier molecular flexibility index (Phi) is 3.14. The van der Waals surface area contributed by atoms with Crippen LogP contribution in [0.15, 0.2) is 30.9 Å². The van der Waals surface area contributed by atoms with Crippen LogP contribution in [0.2, 0.25) is 0 Å². The third kappa shape index (κ3) is 2.56. The molecule has 1 rings (SSSR count). The molecule has 5 heteroatoms. The molecule has 1 atom stereocenters. The zero-order valence-electron chi connectivity index (χ0n) is 7.68. The fourth-order valence-corrected chi connectivity index (χ4v) is 1.10. The Morgan fingerprint density at radius 3 is 2.33 bits per heavy atom. The van der Waals surface area contributed by atoms with E-state index in [1.807, 2.05) is 0 Å². The minimum Gasteiger partial charge on any atom is -0.321 e. The fourth-order valence-electron chi connectivity index (χ4n) is 1.10. The molecule has 2 N–H and O–H groups in total. The van der Waals surface area contributed by atoms with Crippen LogP contribution in [0.3, 0.4) is 0 Å². The summed E-state index contributed by atoms with van der Waals surface area (Å²) in [5.41, 5.74) is 4.39. The summed E-state index contributed by atoms with van der Waals surface area (Å²) >= 11 is 0. The van der Waals surface area contributed by atoms with Gasteiger partial charge in [-0.1, -0.05) is 12.1 Å². The second kappa shape index (κ2) is 4.02. The smallest absolute Gasteiger partial charge is 0.321 e. The van der Waals surface area contributed by atoms with E-state index in [1.165, 1.54) is 6.08 Å². The molecule has 1 nitrogen and oxygen atoms in total. The molecule has 0 aliphatic heterocycles. The lowest BCUT2D eigenvalue weighted by molar-refractivity contribution is -0.137. The Morgan fingerprint density at radius 2 is 1.93 bits per heavy atom. The normalized spacial score (nSPS) is 13.7. The van der Waals surface area contributed by atoms with Crippen molar-refractivity contribution in [3.63, 3.8) is 0 Å². The highest BCUT2D eigenvalue weighted by Crippen LogP contribution is 2.31. The molecule has 0 radical (unpaired) electrons. The first-order valence-electron chi connectivity index (χ1n) is 4.11. The summed E-state index contributed by atoms with van der Waals surface area (Å²) < 4.78 is 49.7. The van der Waals surface area contributed by atoms with Crippen LogP contribution in [0.5, 0.6) is 0 Å². The molecule has 0 saturated carbocycles. The number of rotatable bonds is 2. The lowest BCUT2D eigenvalue weighted by Crippen LogP contribution is -2.11. The molecule has 15 heavy (non-hydrogen) atoms. The lowest BCUT2D eigenvalue weighted by Gasteiger charge is -2.11. The largest absolute Gasteiger partial charge is 0.416 e. The van der Waals surface area contributed by atoms with Gasteiger partial charge in [-0.3, -0.25) is 0 Å². The number of benzene rings is 1. The number of alkyl halides is 3. The molecule has 1 aromatic carbocycles. The Balaban J connectivity index is 3.14. The third-order valence-electron chi connectivity index (χ3n) is 1.94. The molecule has 0 aliphatic carbocycles. The molecule has 0 saturated heterocycles. The van der Waals surface area contributed by atoms with E-state index in [0.29, 0.717) is 6.07 Å². The van der Waals surface area contributed by atoms with Gasteiger partial charge in [0.05, 0.1) is 11.6 Å². The van der Waals surface area contributed by atoms with Crippen molar-refractivity contribution in [2.45, 2.75) is 12.2 Å². The van der Waals surface area contributed by atoms with Crippen LogP contribution in [0.1, 0.15) is 17.2 Å². The Bertz CT molecular complexity index is 370. The second-order valence-electron chi connectivity index (χ2n) is 3.00. The Labute approximate surface area is 84.2 Å². The van der Waals surface area contributed by atoms with Crippen molar-refractivity contribution in [1.29, 1.82) is 0 Å². The molecule has 0 unspecified atom stereocenters. The molecular weight excluding hydrogens is 210 g/mol. The van der Waals surface area contributed by atoms with Crippen molar-refractivity contribution in [3.8, 4) is 0 Å². The van der Waals surface area contributed by atoms with Crippen LogP contribution in [0.4, 0.5) is 17.6 Å². The number of hydrogen-bond acceptors (Lipinski definition) is 1. The summed E-state index contributed by atoms with van der Waals surface area (Å²) in [7, 11) is 0. The first-order valence-corrected chi connectivity index (χ1v) is 4.11. The van der Waals surface area contributed by atoms with Crippen molar-refractivity contribution in [2.24, 2.45) is 5.73 Å². The molecule has 0 aliphatic rings. The summed E-state index contributed by atoms with van der Waals surface area (Å²) in [6.45, 7) is 3.34. The monoisotopic (exact) mass is 219 g/mol. The van der Waals surface area contributed by atoms with E-state index >= 15 is 0 Å². The standard InChI is InChI=1S/C10H9F4N/c1-2-9(15)7-4-3-6(5-8(7)11)10(12,13)14/h2-5,9H,1,15H2/t9-/m0/s1. The van der Waals surface area contributed by atoms with Crippen LogP contribution in [0.25, 0.3) is 0 Å². The average Bonchev–Trinajstić information content (AvgIpc) is 2.15. The van der Waals surface area contributed by atoms with Gasteiger partial charge in [0.25, 0.3) is 0 Å². The third-order valence-corrected chi connectivity index (χ3v) is 1.94. The van der Waals surface area contributed by atoms with Gasteiger partial charge < -0.3 is 5.73 Å². The van der Waals surface area contributed by atoms with Crippen molar-refractivity contribution in [3.05, 3.63) is 47.8 Å². The summed E-state index contributed by atoms with van der Waals surface area (Å²) in [6.07, 6.45) is -3.29. The quantitative estimate of drug-likeness (QED) is 0.600. The average molecular weight is 219 g/mol. The first-order chi connectivity index (χ1) is 6.86. The van der Waals surface area contributed by atoms with Crippen LogP contribution in [-0.2, 0) is 6.18 Å². The molecular formula is C10H9F4N. The van der Waals surface area contributed by atoms with Crippen molar-refractivity contribution >= 4 is 0 Å². The van der Waals surface area contributed by atoms with E-state index in [9.17, 15) is 17.6 Å². The van der Waals surface area contributed by atoms with Gasteiger partial charge in [-0.2, -0.15) is 13.2 Å². The van der Waals surface area contributed by atoms with Gasteiger partial charge in [-0.25, -0.2) is 4.39 Å². The molecule has 0 spiro atoms. The Morgan fingerprint density at radius 1 is 1.33 bits per heavy atom. The van der Waals surface area contributed by atoms with Gasteiger partial charge in [0.1, 0.15) is 5.82 Å². The van der Waals surface area contributed by atoms with Crippen molar-refractivity contribution < 1.29 is 17.6 Å². The molecule has 82 valence electrons. The predicted molar refractivity (Wildman–Crippen MR) is 48.5 cm³/mol. The van der Waals surface area contributed by atoms with Crippen molar-refractivity contribution in [2.75, 3.05) is 0 Å². The Hall–Kier alpha value is -1.36. The van der Waals surface area contributed by atoms with Gasteiger partial charge in [0.15, 0.2) is 0 Å². The highest BCUT2D eigenvalue weighted by molar-refractivity contribution is 5.30. The topological polar surface area (TPSA) is 26.0 Å². The number of hydrogen-bond donors (Lipinski definition) is 1. The van der Waals surface area contributed by atoms with E-state index in [-0.39, 0.29) is 5.56 Å². The minimum absolute atomic E-state index is 0.00185. The van der Waals surface area contributed by atoms with Gasteiger partial charge in [0, 0.05) is 5.56 Å². The zero-order chi connectivity index (χ0) is 11.6. The van der Waals surface area contributed by atoms with Gasteiger partial charge in [0.2, 0.25) is 0 Å². The van der Waals surface area contributed by atoms with Gasteiger partial charge >= 0.3 is 6.18 Å². The highest BCUT2D eigenvalue weighted by atomic mass is 19.4. The molecule has 0 aromatic heterocycles. The van der Waals surface area contributed by atoms with E-state index < -0.39 is 23.6 Å². The summed E-state index contributed by atoms with van der Waals surface area (Å²) in [4.78, 5) is 0. The first kappa shape index (κ1) is 11.7. The summed E-state index contributed by atoms with van der Waals surface area (Å²) in [5, 5.41) is 0. The molecule has 0 heterocycles. The maximum atomic E-state index is 13.2. The summed E-state index contributed by atoms with van der Waals surface area (Å²) in [5.74, 6) is -0.975. The molecule has 0 amide bonds. The minimum atomic E-state index is -4.54. The second-order valence-corrected chi connectivity index (χ2v) is 3.00. The van der Waals surface area contributed by atoms with Crippen LogP contribution in [-0.4, -0.2) is 0 Å². The SMILES string of the molecule is C=C[C@H](N)c1ccc(C(F)(F)F)cc1F. The maximum Gasteiger partial charge on any atom is 0.416 e. The van der Waals surface area contributed by atoms with Crippen molar-refractivity contribution in [1.82, 2.24) is 0 Å². The van der Waals surface area contributed by atoms with Crippen LogP contribution in [0, 0.1) is 5.82 Å². The predicted octanol–water partition coefficient (Wildman–Crippen LogP) is 3.03. The molecule has 1 aromatic rings. The van der Waals surface area contributed by atoms with E-state index in [2.05, 4.69) is 6.58 Å². The van der Waals surface area contributed by atoms with Gasteiger partial charge in [-0.15, -0.1) is 6.58 Å². The number of nitrogens with two attached hydrogens (primary N) is 1. The molecule has 0 bridgehead atoms. The van der Waals surface area contributed by atoms with E-state index in [4.69, 9.17) is 5.73 Å². The lowest BCUT2D eigenvalue weighted by atomic mass is 10.0. The molecule has 0 fully saturated rings. The highest BCUT2D eigenvalue weighted by Gasteiger charge is 2.31. The zero-order valence-corrected chi connectivity index (χ0v) is 7.68. The maximum absolute atomic E-state index is 13.2. The van der Waals surface area contributed by atoms with E-state index in [1.54, 1.807) is 0 Å².